The molecule has 19 N–H and O–H groups in total. The van der Waals surface area contributed by atoms with Crippen LogP contribution in [0.25, 0.3) is 0 Å². The number of guanidine groups is 1. The summed E-state index contributed by atoms with van der Waals surface area (Å²) in [7, 11) is 0. The van der Waals surface area contributed by atoms with Crippen molar-refractivity contribution >= 4 is 5.96 Å². The molecule has 0 bridgehead atoms. The van der Waals surface area contributed by atoms with Crippen molar-refractivity contribution in [3.05, 3.63) is 0 Å². The summed E-state index contributed by atoms with van der Waals surface area (Å²) < 4.78 is 23.2. The van der Waals surface area contributed by atoms with Crippen LogP contribution in [0, 0.1) is 0 Å². The van der Waals surface area contributed by atoms with E-state index in [1.54, 1.807) is 0 Å². The van der Waals surface area contributed by atoms with Crippen LogP contribution in [0.1, 0.15) is 13.3 Å². The predicted octanol–water partition coefficient (Wildman–Crippen LogP) is -10.3. The Labute approximate surface area is 201 Å². The van der Waals surface area contributed by atoms with Gasteiger partial charge in [-0.1, -0.05) is 0 Å². The summed E-state index contributed by atoms with van der Waals surface area (Å²) in [5.41, 5.74) is 24.7. The van der Waals surface area contributed by atoms with Crippen LogP contribution in [0.15, 0.2) is 0 Å². The molecule has 0 amide bonds. The molecule has 3 aliphatic rings. The molecule has 0 aromatic heterocycles. The predicted molar refractivity (Wildman–Crippen MR) is 114 cm³/mol. The Morgan fingerprint density at radius 3 is 2.17 bits per heavy atom. The van der Waals surface area contributed by atoms with Crippen molar-refractivity contribution in [1.82, 2.24) is 0 Å². The van der Waals surface area contributed by atoms with Crippen LogP contribution in [-0.2, 0) is 18.9 Å². The molecule has 2 saturated heterocycles. The molecule has 0 spiro atoms. The number of nitrogens with one attached hydrogen (secondary N) is 1. The van der Waals surface area contributed by atoms with Gasteiger partial charge in [0.2, 0.25) is 6.29 Å². The zero-order valence-electron chi connectivity index (χ0n) is 19.5. The highest BCUT2D eigenvalue weighted by Crippen LogP contribution is 2.31. The van der Waals surface area contributed by atoms with Gasteiger partial charge in [-0.15, -0.1) is 0 Å². The molecule has 204 valence electrons. The van der Waals surface area contributed by atoms with Crippen molar-refractivity contribution < 1.29 is 66.0 Å². The number of aliphatic hydroxyl groups excluding tert-OH is 6. The molecule has 0 aromatic carbocycles. The molecular weight excluding hydrogens is 472 g/mol. The fraction of sp³-hybridized carbons (Fsp3) is 0.947. The number of quaternary nitrogens is 2. The molecule has 3 rings (SSSR count). The Bertz CT molecular complexity index is 732. The lowest BCUT2D eigenvalue weighted by atomic mass is 9.84. The Morgan fingerprint density at radius 1 is 0.943 bits per heavy atom. The first-order valence-electron chi connectivity index (χ1n) is 11.6. The second kappa shape index (κ2) is 11.4. The molecule has 15 atom stereocenters. The number of rotatable bonds is 7. The van der Waals surface area contributed by atoms with E-state index in [1.165, 1.54) is 6.92 Å². The second-order valence-electron chi connectivity index (χ2n) is 9.57. The van der Waals surface area contributed by atoms with Crippen LogP contribution in [0.5, 0.6) is 0 Å². The summed E-state index contributed by atoms with van der Waals surface area (Å²) in [5.74, 6) is -0.0975. The number of hydrogen-bond donors (Lipinski definition) is 12. The highest BCUT2D eigenvalue weighted by atomic mass is 16.7. The minimum absolute atomic E-state index is 0.00884. The van der Waals surface area contributed by atoms with Gasteiger partial charge in [0.1, 0.15) is 61.0 Å². The minimum Gasteiger partial charge on any atom is -0.391 e. The van der Waals surface area contributed by atoms with Gasteiger partial charge >= 0.3 is 5.96 Å². The first kappa shape index (κ1) is 28.3. The lowest BCUT2D eigenvalue weighted by Crippen LogP contribution is -2.81. The lowest BCUT2D eigenvalue weighted by Gasteiger charge is -2.46. The van der Waals surface area contributed by atoms with Crippen LogP contribution in [0.4, 0.5) is 0 Å². The first-order valence-corrected chi connectivity index (χ1v) is 11.6. The molecule has 16 nitrogen and oxygen atoms in total. The first-order chi connectivity index (χ1) is 16.3. The zero-order chi connectivity index (χ0) is 26.2. The standard InChI is InChI=1S/C19H38N6O10/c1-4(26)14-12(30)11(29)8(22)17(33-14)34-15-6(21)2-5(20)9(27)16(15)35-18-13(31)10(28)7(32-18)3-25-19(23)24/h4-18,26-31H,2-3,20-22H2,1H3,(H4,23,24,25)/p+3/t4-,5-,6?,7-,8?,9?,10+,11-,12+,13?,14?,15-,16-,17-,18+/m1/s1. The van der Waals surface area contributed by atoms with Crippen LogP contribution >= 0.6 is 0 Å². The lowest BCUT2D eigenvalue weighted by molar-refractivity contribution is -0.509. The van der Waals surface area contributed by atoms with Crippen molar-refractivity contribution in [2.75, 3.05) is 6.54 Å². The fourth-order valence-corrected chi connectivity index (χ4v) is 4.67. The molecule has 0 aromatic rings. The van der Waals surface area contributed by atoms with E-state index in [2.05, 4.69) is 16.5 Å². The molecule has 1 saturated carbocycles. The highest BCUT2D eigenvalue weighted by Gasteiger charge is 2.54. The van der Waals surface area contributed by atoms with E-state index in [4.69, 9.17) is 36.1 Å². The monoisotopic (exact) mass is 513 g/mol. The van der Waals surface area contributed by atoms with E-state index in [-0.39, 0.29) is 18.9 Å². The van der Waals surface area contributed by atoms with Crippen molar-refractivity contribution in [1.29, 1.82) is 0 Å². The van der Waals surface area contributed by atoms with E-state index in [9.17, 15) is 30.6 Å². The van der Waals surface area contributed by atoms with Crippen molar-refractivity contribution in [2.45, 2.75) is 105 Å². The number of hydrogen-bond acceptors (Lipinski definition) is 11. The summed E-state index contributed by atoms with van der Waals surface area (Å²) in [4.78, 5) is 2.60. The molecule has 0 radical (unpaired) electrons. The fourth-order valence-electron chi connectivity index (χ4n) is 4.67. The third-order valence-electron chi connectivity index (χ3n) is 6.79. The van der Waals surface area contributed by atoms with Gasteiger partial charge in [0, 0.05) is 12.5 Å². The quantitative estimate of drug-likeness (QED) is 0.111. The largest absolute Gasteiger partial charge is 0.391 e. The molecule has 35 heavy (non-hydrogen) atoms. The smallest absolute Gasteiger partial charge is 0.338 e. The van der Waals surface area contributed by atoms with Crippen LogP contribution in [-0.4, -0.2) is 135 Å². The van der Waals surface area contributed by atoms with Crippen LogP contribution < -0.4 is 33.7 Å². The number of aliphatic hydroxyl groups is 6. The van der Waals surface area contributed by atoms with Gasteiger partial charge in [-0.25, -0.2) is 0 Å². The Morgan fingerprint density at radius 2 is 1.57 bits per heavy atom. The van der Waals surface area contributed by atoms with Crippen molar-refractivity contribution in [3.8, 4) is 0 Å². The number of ether oxygens (including phenoxy) is 4. The van der Waals surface area contributed by atoms with Crippen LogP contribution in [0.3, 0.4) is 0 Å². The molecule has 3 fully saturated rings. The van der Waals surface area contributed by atoms with E-state index in [0.29, 0.717) is 0 Å². The van der Waals surface area contributed by atoms with Gasteiger partial charge < -0.3 is 66.8 Å². The molecule has 5 unspecified atom stereocenters. The van der Waals surface area contributed by atoms with Gasteiger partial charge in [0.25, 0.3) is 0 Å². The maximum Gasteiger partial charge on any atom is 0.338 e. The van der Waals surface area contributed by atoms with E-state index in [0.717, 1.165) is 0 Å². The van der Waals surface area contributed by atoms with Gasteiger partial charge in [0.05, 0.1) is 12.6 Å². The summed E-state index contributed by atoms with van der Waals surface area (Å²) in [6, 6.07) is -2.24. The number of nitrogens with two attached hydrogens (primary N) is 3. The minimum atomic E-state index is -1.47. The topological polar surface area (TPSA) is 306 Å². The summed E-state index contributed by atoms with van der Waals surface area (Å²) >= 11 is 0. The third kappa shape index (κ3) is 6.02. The summed E-state index contributed by atoms with van der Waals surface area (Å²) in [6.07, 6.45) is -14.6. The molecule has 16 heteroatoms. The molecular formula is C19H41N6O10+3. The Hall–Kier alpha value is -1.25. The van der Waals surface area contributed by atoms with Gasteiger partial charge in [-0.05, 0) is 6.92 Å². The summed E-state index contributed by atoms with van der Waals surface area (Å²) in [6.45, 7) is 1.38. The average molecular weight is 514 g/mol. The Balaban J connectivity index is 1.78. The molecule has 2 aliphatic heterocycles. The Kier molecular flexibility index (Phi) is 9.25. The molecule has 1 aliphatic carbocycles. The second-order valence-corrected chi connectivity index (χ2v) is 9.57. The maximum absolute atomic E-state index is 10.9. The average Bonchev–Trinajstić information content (AvgIpc) is 3.05. The van der Waals surface area contributed by atoms with Gasteiger partial charge in [-0.3, -0.25) is 16.5 Å². The normalized spacial score (nSPS) is 49.5. The SMILES string of the molecule is C[C@@H](O)C1O[C@H](O[C@@H]2C(N)C[C@@H]([NH3+])C(O)[C@H]2O[C@@H]2O[C@H](C[NH+]=C(N)N)[C@H](O)C2O)C([NH3+])[C@@H](O)[C@@H]1O. The van der Waals surface area contributed by atoms with Gasteiger partial charge in [0.15, 0.2) is 12.3 Å². The van der Waals surface area contributed by atoms with Crippen LogP contribution in [0.2, 0.25) is 0 Å². The molecule has 2 heterocycles. The van der Waals surface area contributed by atoms with Crippen molar-refractivity contribution in [2.24, 2.45) is 17.2 Å². The zero-order valence-corrected chi connectivity index (χ0v) is 19.5. The van der Waals surface area contributed by atoms with Gasteiger partial charge in [-0.2, -0.15) is 0 Å². The highest BCUT2D eigenvalue weighted by molar-refractivity contribution is 5.69. The van der Waals surface area contributed by atoms with E-state index in [1.807, 2.05) is 0 Å². The van der Waals surface area contributed by atoms with Crippen molar-refractivity contribution in [3.63, 3.8) is 0 Å². The van der Waals surface area contributed by atoms with E-state index < -0.39 is 91.7 Å². The third-order valence-corrected chi connectivity index (χ3v) is 6.79. The summed E-state index contributed by atoms with van der Waals surface area (Å²) in [5, 5.41) is 62.2. The van der Waals surface area contributed by atoms with E-state index >= 15 is 0 Å². The maximum atomic E-state index is 10.9.